The van der Waals surface area contributed by atoms with Crippen LogP contribution in [0.15, 0.2) is 0 Å². The number of hydrogen-bond donors (Lipinski definition) is 3. The lowest BCUT2D eigenvalue weighted by Gasteiger charge is -2.39. The minimum atomic E-state index is -2.43. The summed E-state index contributed by atoms with van der Waals surface area (Å²) in [4.78, 5) is 66.4. The molecule has 2 aliphatic heterocycles. The molecule has 2 saturated heterocycles. The van der Waals surface area contributed by atoms with Gasteiger partial charge in [0.2, 0.25) is 11.8 Å². The molecule has 0 spiro atoms. The van der Waals surface area contributed by atoms with Gasteiger partial charge in [-0.15, -0.1) is 0 Å². The summed E-state index contributed by atoms with van der Waals surface area (Å²) in [5.74, 6) is -4.38. The zero-order chi connectivity index (χ0) is 28.7. The third-order valence-electron chi connectivity index (χ3n) is 8.65. The van der Waals surface area contributed by atoms with E-state index in [1.165, 1.54) is 4.90 Å². The van der Waals surface area contributed by atoms with Gasteiger partial charge in [0, 0.05) is 13.1 Å². The van der Waals surface area contributed by atoms with E-state index in [1.54, 1.807) is 20.8 Å². The molecule has 2 heterocycles. The third kappa shape index (κ3) is 6.00. The van der Waals surface area contributed by atoms with Crippen molar-refractivity contribution in [1.82, 2.24) is 26.0 Å². The quantitative estimate of drug-likeness (QED) is 0.315. The minimum absolute atomic E-state index is 0.0341. The number of fused-ring (bicyclic) bond motifs is 1. The van der Waals surface area contributed by atoms with Crippen molar-refractivity contribution in [1.29, 1.82) is 0 Å². The van der Waals surface area contributed by atoms with E-state index >= 15 is 0 Å². The maximum Gasteiger partial charge on any atom is 0.291 e. The number of amides is 5. The number of likely N-dealkylation sites (tertiary alicyclic amines) is 1. The summed E-state index contributed by atoms with van der Waals surface area (Å²) in [5.41, 5.74) is -2.78. The van der Waals surface area contributed by atoms with Gasteiger partial charge < -0.3 is 15.5 Å². The summed E-state index contributed by atoms with van der Waals surface area (Å²) >= 11 is 5.40. The summed E-state index contributed by atoms with van der Waals surface area (Å²) in [6.45, 7) is 5.66. The standard InChI is InChI=1S/C26H38ClF2N5O5/c1-25(2,3)18(31-24(39)26(29)9-5-10-26)22(37)33-12-14-6-4-7-16(14)17(33)21(36)32-34(23(38)19(27)28)13-15-8-11-30-20(15)35/h14-19H,4-13H2,1-3H3,(H,30,35)(H,31,39)(H,32,36)/t14-,15-,16-,17-,18+,19-/m0/s1. The van der Waals surface area contributed by atoms with Gasteiger partial charge in [0.1, 0.15) is 12.1 Å². The summed E-state index contributed by atoms with van der Waals surface area (Å²) in [6, 6.07) is -2.08. The Balaban J connectivity index is 1.56. The van der Waals surface area contributed by atoms with Crippen LogP contribution in [0.1, 0.15) is 65.7 Å². The average molecular weight is 574 g/mol. The fourth-order valence-electron chi connectivity index (χ4n) is 6.20. The predicted octanol–water partition coefficient (Wildman–Crippen LogP) is 1.57. The van der Waals surface area contributed by atoms with Gasteiger partial charge in [-0.25, -0.2) is 13.8 Å². The Morgan fingerprint density at radius 3 is 2.41 bits per heavy atom. The highest BCUT2D eigenvalue weighted by Crippen LogP contribution is 2.43. The van der Waals surface area contributed by atoms with E-state index in [9.17, 15) is 32.8 Å². The molecule has 5 amide bonds. The van der Waals surface area contributed by atoms with E-state index in [0.29, 0.717) is 25.8 Å². The molecule has 3 N–H and O–H groups in total. The number of carbonyl (C=O) groups is 5. The van der Waals surface area contributed by atoms with Gasteiger partial charge in [-0.3, -0.25) is 29.4 Å². The third-order valence-corrected chi connectivity index (χ3v) is 8.83. The molecule has 0 bridgehead atoms. The summed E-state index contributed by atoms with van der Waals surface area (Å²) < 4.78 is 28.7. The second-order valence-corrected chi connectivity index (χ2v) is 12.8. The molecule has 2 saturated carbocycles. The molecule has 10 nitrogen and oxygen atoms in total. The van der Waals surface area contributed by atoms with Crippen LogP contribution < -0.4 is 16.1 Å². The van der Waals surface area contributed by atoms with Crippen molar-refractivity contribution < 1.29 is 32.8 Å². The van der Waals surface area contributed by atoms with Crippen molar-refractivity contribution in [2.24, 2.45) is 23.2 Å². The Labute approximate surface area is 231 Å². The number of nitrogens with zero attached hydrogens (tertiary/aromatic N) is 2. The molecule has 6 atom stereocenters. The molecule has 4 aliphatic rings. The second kappa shape index (κ2) is 11.2. The van der Waals surface area contributed by atoms with Gasteiger partial charge in [0.05, 0.1) is 12.5 Å². The topological polar surface area (TPSA) is 128 Å². The van der Waals surface area contributed by atoms with Gasteiger partial charge in [-0.1, -0.05) is 38.8 Å². The molecule has 0 aromatic rings. The molecule has 0 aromatic carbocycles. The van der Waals surface area contributed by atoms with E-state index in [4.69, 9.17) is 11.6 Å². The highest BCUT2D eigenvalue weighted by molar-refractivity contribution is 6.29. The van der Waals surface area contributed by atoms with Crippen molar-refractivity contribution in [3.63, 3.8) is 0 Å². The number of alkyl halides is 3. The minimum Gasteiger partial charge on any atom is -0.356 e. The van der Waals surface area contributed by atoms with Crippen LogP contribution in [-0.4, -0.2) is 82.5 Å². The van der Waals surface area contributed by atoms with Crippen LogP contribution >= 0.6 is 11.6 Å². The van der Waals surface area contributed by atoms with Crippen LogP contribution in [0, 0.1) is 23.2 Å². The van der Waals surface area contributed by atoms with E-state index < -0.39 is 58.3 Å². The first-order valence-corrected chi connectivity index (χ1v) is 14.1. The van der Waals surface area contributed by atoms with Crippen LogP contribution in [0.25, 0.3) is 0 Å². The largest absolute Gasteiger partial charge is 0.356 e. The second-order valence-electron chi connectivity index (χ2n) is 12.4. The molecule has 4 fully saturated rings. The highest BCUT2D eigenvalue weighted by Gasteiger charge is 2.53. The van der Waals surface area contributed by atoms with Crippen LogP contribution in [-0.2, 0) is 24.0 Å². The molecular formula is C26H38ClF2N5O5. The first-order valence-electron chi connectivity index (χ1n) is 13.7. The molecule has 0 radical (unpaired) electrons. The SMILES string of the molecule is CC(C)(C)[C@H](NC(=O)C1(F)CCC1)C(=O)N1C[C@@H]2CCC[C@@H]2[C@H]1C(=O)NN(C[C@@H]1CCNC1=O)C(=O)[C@H](F)Cl. The monoisotopic (exact) mass is 573 g/mol. The Kier molecular flexibility index (Phi) is 8.45. The van der Waals surface area contributed by atoms with Crippen molar-refractivity contribution in [2.75, 3.05) is 19.6 Å². The molecular weight excluding hydrogens is 536 g/mol. The number of nitrogens with one attached hydrogen (secondary N) is 3. The van der Waals surface area contributed by atoms with Crippen molar-refractivity contribution in [3.8, 4) is 0 Å². The van der Waals surface area contributed by atoms with Gasteiger partial charge in [0.25, 0.3) is 23.4 Å². The zero-order valence-electron chi connectivity index (χ0n) is 22.6. The first-order chi connectivity index (χ1) is 18.2. The van der Waals surface area contributed by atoms with E-state index in [-0.39, 0.29) is 43.7 Å². The lowest BCUT2D eigenvalue weighted by molar-refractivity contribution is -0.152. The highest BCUT2D eigenvalue weighted by atomic mass is 35.5. The number of rotatable bonds is 7. The molecule has 13 heteroatoms. The Bertz CT molecular complexity index is 1020. The van der Waals surface area contributed by atoms with Gasteiger partial charge in [-0.2, -0.15) is 0 Å². The molecule has 39 heavy (non-hydrogen) atoms. The Morgan fingerprint density at radius 1 is 1.18 bits per heavy atom. The van der Waals surface area contributed by atoms with E-state index in [0.717, 1.165) is 17.9 Å². The van der Waals surface area contributed by atoms with E-state index in [2.05, 4.69) is 16.1 Å². The first kappa shape index (κ1) is 29.5. The van der Waals surface area contributed by atoms with Gasteiger partial charge in [0.15, 0.2) is 5.67 Å². The van der Waals surface area contributed by atoms with Crippen LogP contribution in [0.2, 0.25) is 0 Å². The number of carbonyl (C=O) groups excluding carboxylic acids is 5. The molecule has 0 aromatic heterocycles. The van der Waals surface area contributed by atoms with Crippen LogP contribution in [0.4, 0.5) is 8.78 Å². The molecule has 218 valence electrons. The van der Waals surface area contributed by atoms with Crippen LogP contribution in [0.3, 0.4) is 0 Å². The lowest BCUT2D eigenvalue weighted by Crippen LogP contribution is -2.62. The summed E-state index contributed by atoms with van der Waals surface area (Å²) in [5, 5.41) is 5.98. The fraction of sp³-hybridized carbons (Fsp3) is 0.808. The molecule has 4 rings (SSSR count). The number of hydrogen-bond acceptors (Lipinski definition) is 5. The summed E-state index contributed by atoms with van der Waals surface area (Å²) in [7, 11) is 0. The van der Waals surface area contributed by atoms with Crippen molar-refractivity contribution >= 4 is 41.1 Å². The van der Waals surface area contributed by atoms with Crippen molar-refractivity contribution in [2.45, 2.75) is 89.1 Å². The van der Waals surface area contributed by atoms with Crippen LogP contribution in [0.5, 0.6) is 0 Å². The number of hydrazine groups is 1. The maximum absolute atomic E-state index is 14.9. The maximum atomic E-state index is 14.9. The smallest absolute Gasteiger partial charge is 0.291 e. The number of halogens is 3. The fourth-order valence-corrected chi connectivity index (χ4v) is 6.32. The summed E-state index contributed by atoms with van der Waals surface area (Å²) in [6.07, 6.45) is 3.53. The normalized spacial score (nSPS) is 29.1. The van der Waals surface area contributed by atoms with Gasteiger partial charge >= 0.3 is 0 Å². The molecule has 0 unspecified atom stereocenters. The van der Waals surface area contributed by atoms with E-state index in [1.807, 2.05) is 0 Å². The molecule has 2 aliphatic carbocycles. The average Bonchev–Trinajstić information content (AvgIpc) is 3.54. The Hall–Kier alpha value is -2.50. The zero-order valence-corrected chi connectivity index (χ0v) is 23.4. The van der Waals surface area contributed by atoms with Crippen molar-refractivity contribution in [3.05, 3.63) is 0 Å². The predicted molar refractivity (Wildman–Crippen MR) is 137 cm³/mol. The Morgan fingerprint density at radius 2 is 1.87 bits per heavy atom. The lowest BCUT2D eigenvalue weighted by atomic mass is 9.79. The van der Waals surface area contributed by atoms with Gasteiger partial charge in [-0.05, 0) is 55.8 Å².